The van der Waals surface area contributed by atoms with E-state index in [-0.39, 0.29) is 29.3 Å². The molecule has 0 aliphatic carbocycles. The first-order chi connectivity index (χ1) is 14.0. The summed E-state index contributed by atoms with van der Waals surface area (Å²) >= 11 is 0. The number of aldehydes is 1. The summed E-state index contributed by atoms with van der Waals surface area (Å²) in [6.45, 7) is 2.58. The van der Waals surface area contributed by atoms with Gasteiger partial charge >= 0.3 is 0 Å². The maximum Gasteiger partial charge on any atom is 0.286 e. The lowest BCUT2D eigenvalue weighted by Gasteiger charge is -2.21. The first-order valence-electron chi connectivity index (χ1n) is 9.35. The van der Waals surface area contributed by atoms with Crippen molar-refractivity contribution in [1.29, 1.82) is 0 Å². The van der Waals surface area contributed by atoms with E-state index >= 15 is 0 Å². The van der Waals surface area contributed by atoms with Gasteiger partial charge in [0.2, 0.25) is 0 Å². The highest BCUT2D eigenvalue weighted by Crippen LogP contribution is 2.39. The Bertz CT molecular complexity index is 943. The molecular formula is C21H22N2O6. The lowest BCUT2D eigenvalue weighted by atomic mass is 10.1. The minimum atomic E-state index is -0.787. The first kappa shape index (κ1) is 20.3. The summed E-state index contributed by atoms with van der Waals surface area (Å²) in [7, 11) is 1.40. The van der Waals surface area contributed by atoms with Gasteiger partial charge in [-0.05, 0) is 17.5 Å². The second-order valence-electron chi connectivity index (χ2n) is 6.69. The molecule has 0 bridgehead atoms. The molecule has 8 heteroatoms. The standard InChI is InChI=1S/C21H22N2O6/c1-3-4-9-29-20-11-17(23(26)27)16(10-19(20)28-2)21(25)22-12-14-7-5-6-8-15(14)18(22)13-24/h5-8,10-11,13,18H,3-4,9,12H2,1-2H3. The van der Waals surface area contributed by atoms with E-state index in [9.17, 15) is 19.7 Å². The van der Waals surface area contributed by atoms with Crippen LogP contribution in [0.5, 0.6) is 11.5 Å². The smallest absolute Gasteiger partial charge is 0.286 e. The maximum absolute atomic E-state index is 13.2. The SMILES string of the molecule is CCCCOc1cc([N+](=O)[O-])c(C(=O)N2Cc3ccccc3C2C=O)cc1OC. The lowest BCUT2D eigenvalue weighted by Crippen LogP contribution is -2.31. The fraction of sp³-hybridized carbons (Fsp3) is 0.333. The molecule has 1 aliphatic heterocycles. The van der Waals surface area contributed by atoms with E-state index in [0.29, 0.717) is 12.9 Å². The van der Waals surface area contributed by atoms with E-state index in [0.717, 1.165) is 24.0 Å². The number of hydrogen-bond acceptors (Lipinski definition) is 6. The molecule has 0 radical (unpaired) electrons. The summed E-state index contributed by atoms with van der Waals surface area (Å²) < 4.78 is 10.9. The molecule has 8 nitrogen and oxygen atoms in total. The predicted octanol–water partition coefficient (Wildman–Crippen LogP) is 3.68. The third-order valence-corrected chi connectivity index (χ3v) is 4.90. The van der Waals surface area contributed by atoms with Crippen molar-refractivity contribution in [3.05, 3.63) is 63.2 Å². The number of ether oxygens (including phenoxy) is 2. The van der Waals surface area contributed by atoms with Crippen molar-refractivity contribution in [3.8, 4) is 11.5 Å². The van der Waals surface area contributed by atoms with E-state index in [1.807, 2.05) is 19.1 Å². The molecule has 0 N–H and O–H groups in total. The molecule has 29 heavy (non-hydrogen) atoms. The van der Waals surface area contributed by atoms with Crippen molar-refractivity contribution >= 4 is 17.9 Å². The Balaban J connectivity index is 2.00. The summed E-state index contributed by atoms with van der Waals surface area (Å²) in [4.78, 5) is 37.3. The highest BCUT2D eigenvalue weighted by Gasteiger charge is 2.37. The van der Waals surface area contributed by atoms with Crippen LogP contribution in [-0.4, -0.2) is 35.7 Å². The van der Waals surface area contributed by atoms with Crippen LogP contribution in [0, 0.1) is 10.1 Å². The molecule has 1 atom stereocenters. The first-order valence-corrected chi connectivity index (χ1v) is 9.35. The summed E-state index contributed by atoms with van der Waals surface area (Å²) in [6.07, 6.45) is 2.36. The van der Waals surface area contributed by atoms with Crippen LogP contribution in [0.3, 0.4) is 0 Å². The van der Waals surface area contributed by atoms with E-state index in [4.69, 9.17) is 9.47 Å². The number of unbranched alkanes of at least 4 members (excludes halogenated alkanes) is 1. The summed E-state index contributed by atoms with van der Waals surface area (Å²) in [6, 6.07) is 8.96. The van der Waals surface area contributed by atoms with Crippen LogP contribution in [0.1, 0.15) is 47.3 Å². The molecule has 1 heterocycles. The van der Waals surface area contributed by atoms with Gasteiger partial charge in [-0.2, -0.15) is 0 Å². The van der Waals surface area contributed by atoms with Gasteiger partial charge in [0.05, 0.1) is 24.7 Å². The summed E-state index contributed by atoms with van der Waals surface area (Å²) in [5.41, 5.74) is 1.04. The van der Waals surface area contributed by atoms with Gasteiger partial charge in [-0.25, -0.2) is 0 Å². The Morgan fingerprint density at radius 2 is 2.07 bits per heavy atom. The number of nitro benzene ring substituents is 1. The summed E-state index contributed by atoms with van der Waals surface area (Å²) in [5.74, 6) is -0.168. The molecule has 0 fully saturated rings. The second kappa shape index (κ2) is 8.72. The number of hydrogen-bond donors (Lipinski definition) is 0. The van der Waals surface area contributed by atoms with Gasteiger partial charge in [0.1, 0.15) is 17.9 Å². The lowest BCUT2D eigenvalue weighted by molar-refractivity contribution is -0.385. The molecule has 1 amide bonds. The zero-order valence-electron chi connectivity index (χ0n) is 16.3. The quantitative estimate of drug-likeness (QED) is 0.291. The van der Waals surface area contributed by atoms with Crippen molar-refractivity contribution in [2.75, 3.05) is 13.7 Å². The Morgan fingerprint density at radius 3 is 2.72 bits per heavy atom. The van der Waals surface area contributed by atoms with Gasteiger partial charge in [-0.3, -0.25) is 14.9 Å². The van der Waals surface area contributed by atoms with Crippen molar-refractivity contribution in [2.24, 2.45) is 0 Å². The van der Waals surface area contributed by atoms with Crippen LogP contribution < -0.4 is 9.47 Å². The molecule has 1 aliphatic rings. The number of fused-ring (bicyclic) bond motifs is 1. The largest absolute Gasteiger partial charge is 0.493 e. The minimum absolute atomic E-state index is 0.144. The molecule has 0 saturated heterocycles. The van der Waals surface area contributed by atoms with Crippen LogP contribution in [0.15, 0.2) is 36.4 Å². The van der Waals surface area contributed by atoms with Gasteiger partial charge in [0, 0.05) is 12.6 Å². The van der Waals surface area contributed by atoms with Crippen molar-refractivity contribution in [2.45, 2.75) is 32.4 Å². The molecule has 3 rings (SSSR count). The van der Waals surface area contributed by atoms with E-state index in [1.54, 1.807) is 12.1 Å². The fourth-order valence-corrected chi connectivity index (χ4v) is 3.39. The number of rotatable bonds is 8. The van der Waals surface area contributed by atoms with E-state index in [2.05, 4.69) is 0 Å². The van der Waals surface area contributed by atoms with Crippen LogP contribution in [0.2, 0.25) is 0 Å². The highest BCUT2D eigenvalue weighted by atomic mass is 16.6. The molecule has 1 unspecified atom stereocenters. The van der Waals surface area contributed by atoms with E-state index in [1.165, 1.54) is 24.1 Å². The molecule has 152 valence electrons. The molecule has 2 aromatic rings. The average molecular weight is 398 g/mol. The maximum atomic E-state index is 13.2. The molecule has 0 aromatic heterocycles. The predicted molar refractivity (Wildman–Crippen MR) is 105 cm³/mol. The number of nitro groups is 1. The van der Waals surface area contributed by atoms with Crippen molar-refractivity contribution in [3.63, 3.8) is 0 Å². The van der Waals surface area contributed by atoms with Crippen LogP contribution in [-0.2, 0) is 11.3 Å². The Morgan fingerprint density at radius 1 is 1.31 bits per heavy atom. The topological polar surface area (TPSA) is 99.0 Å². The average Bonchev–Trinajstić information content (AvgIpc) is 3.11. The molecule has 2 aromatic carbocycles. The monoisotopic (exact) mass is 398 g/mol. The minimum Gasteiger partial charge on any atom is -0.493 e. The number of methoxy groups -OCH3 is 1. The van der Waals surface area contributed by atoms with Crippen molar-refractivity contribution < 1.29 is 24.0 Å². The number of benzene rings is 2. The van der Waals surface area contributed by atoms with E-state index < -0.39 is 16.9 Å². The zero-order valence-corrected chi connectivity index (χ0v) is 16.3. The Hall–Kier alpha value is -3.42. The van der Waals surface area contributed by atoms with Crippen LogP contribution >= 0.6 is 0 Å². The van der Waals surface area contributed by atoms with Crippen LogP contribution in [0.4, 0.5) is 5.69 Å². The van der Waals surface area contributed by atoms with Gasteiger partial charge in [0.25, 0.3) is 11.6 Å². The third-order valence-electron chi connectivity index (χ3n) is 4.90. The van der Waals surface area contributed by atoms with Gasteiger partial charge in [-0.15, -0.1) is 0 Å². The number of carbonyl (C=O) groups is 2. The van der Waals surface area contributed by atoms with Gasteiger partial charge in [0.15, 0.2) is 11.5 Å². The van der Waals surface area contributed by atoms with Crippen LogP contribution in [0.25, 0.3) is 0 Å². The summed E-state index contributed by atoms with van der Waals surface area (Å²) in [5, 5.41) is 11.7. The Kier molecular flexibility index (Phi) is 6.11. The molecular weight excluding hydrogens is 376 g/mol. The van der Waals surface area contributed by atoms with Gasteiger partial charge in [-0.1, -0.05) is 37.6 Å². The second-order valence-corrected chi connectivity index (χ2v) is 6.69. The molecule has 0 spiro atoms. The molecule has 0 saturated carbocycles. The van der Waals surface area contributed by atoms with Crippen molar-refractivity contribution in [1.82, 2.24) is 4.90 Å². The van der Waals surface area contributed by atoms with Gasteiger partial charge < -0.3 is 19.2 Å². The highest BCUT2D eigenvalue weighted by molar-refractivity contribution is 6.00. The number of nitrogens with zero attached hydrogens (tertiary/aromatic N) is 2. The zero-order chi connectivity index (χ0) is 21.0. The fourth-order valence-electron chi connectivity index (χ4n) is 3.39. The normalized spacial score (nSPS) is 15.0. The Labute approximate surface area is 168 Å². The number of carbonyl (C=O) groups excluding carboxylic acids is 2. The third kappa shape index (κ3) is 3.91. The number of amides is 1.